The maximum absolute atomic E-state index is 12.1. The summed E-state index contributed by atoms with van der Waals surface area (Å²) < 4.78 is 1.62. The minimum atomic E-state index is -1.13. The molecule has 2 aromatic heterocycles. The smallest absolute Gasteiger partial charge is 0.325 e. The number of anilines is 1. The number of nitrogens with zero attached hydrogens (tertiary/aromatic N) is 3. The number of nitrogens with one attached hydrogen (secondary N) is 1. The van der Waals surface area contributed by atoms with E-state index in [0.29, 0.717) is 5.56 Å². The summed E-state index contributed by atoms with van der Waals surface area (Å²) in [6.45, 7) is 1.37. The molecule has 0 radical (unpaired) electrons. The Labute approximate surface area is 120 Å². The predicted octanol–water partition coefficient (Wildman–Crippen LogP) is 0.267. The lowest BCUT2D eigenvalue weighted by molar-refractivity contribution is -0.138. The monoisotopic (exact) mass is 289 g/mol. The Balaban J connectivity index is 2.31. The van der Waals surface area contributed by atoms with Crippen LogP contribution in [0, 0.1) is 0 Å². The van der Waals surface area contributed by atoms with Gasteiger partial charge in [0, 0.05) is 30.6 Å². The van der Waals surface area contributed by atoms with Crippen LogP contribution >= 0.6 is 0 Å². The summed E-state index contributed by atoms with van der Waals surface area (Å²) in [5.41, 5.74) is 7.27. The normalized spacial score (nSPS) is 11.9. The number of aryl methyl sites for hydroxylation is 1. The van der Waals surface area contributed by atoms with Crippen molar-refractivity contribution >= 4 is 17.7 Å². The number of rotatable bonds is 4. The van der Waals surface area contributed by atoms with E-state index in [2.05, 4.69) is 15.4 Å². The number of carboxylic acid groups (broad SMARTS) is 1. The molecule has 2 heterocycles. The van der Waals surface area contributed by atoms with Crippen LogP contribution in [0.5, 0.6) is 0 Å². The zero-order chi connectivity index (χ0) is 15.6. The van der Waals surface area contributed by atoms with Crippen molar-refractivity contribution in [1.29, 1.82) is 0 Å². The number of pyridine rings is 1. The third-order valence-electron chi connectivity index (χ3n) is 2.92. The van der Waals surface area contributed by atoms with E-state index >= 15 is 0 Å². The van der Waals surface area contributed by atoms with Crippen LogP contribution in [0.1, 0.15) is 17.3 Å². The minimum absolute atomic E-state index is 0.0396. The average Bonchev–Trinajstić information content (AvgIpc) is 2.85. The van der Waals surface area contributed by atoms with Crippen molar-refractivity contribution in [3.05, 3.63) is 30.2 Å². The Morgan fingerprint density at radius 3 is 2.67 bits per heavy atom. The van der Waals surface area contributed by atoms with E-state index < -0.39 is 17.9 Å². The van der Waals surface area contributed by atoms with E-state index in [1.807, 2.05) is 0 Å². The molecule has 0 saturated heterocycles. The van der Waals surface area contributed by atoms with Crippen LogP contribution in [-0.4, -0.2) is 37.8 Å². The highest BCUT2D eigenvalue weighted by molar-refractivity contribution is 6.01. The Bertz CT molecular complexity index is 695. The topological polar surface area (TPSA) is 123 Å². The maximum atomic E-state index is 12.1. The molecule has 0 aliphatic heterocycles. The van der Waals surface area contributed by atoms with Gasteiger partial charge in [-0.1, -0.05) is 0 Å². The van der Waals surface area contributed by atoms with Crippen molar-refractivity contribution in [2.24, 2.45) is 7.05 Å². The van der Waals surface area contributed by atoms with E-state index in [-0.39, 0.29) is 11.4 Å². The molecule has 0 bridgehead atoms. The second-order valence-electron chi connectivity index (χ2n) is 4.59. The first-order chi connectivity index (χ1) is 9.88. The molecule has 21 heavy (non-hydrogen) atoms. The Morgan fingerprint density at radius 1 is 1.38 bits per heavy atom. The molecule has 4 N–H and O–H groups in total. The standard InChI is InChI=1S/C13H15N5O3/c1-7(13(20)21)17-12(19)10-3-8(4-15-11(10)14)9-5-16-18(2)6-9/h3-7H,1-2H3,(H2,14,15)(H,17,19)(H,20,21)/t7-/m0/s1. The summed E-state index contributed by atoms with van der Waals surface area (Å²) in [5, 5.41) is 15.2. The Kier molecular flexibility index (Phi) is 3.88. The molecule has 1 amide bonds. The van der Waals surface area contributed by atoms with Gasteiger partial charge in [0.15, 0.2) is 0 Å². The molecule has 8 heteroatoms. The summed E-state index contributed by atoms with van der Waals surface area (Å²) in [4.78, 5) is 26.8. The van der Waals surface area contributed by atoms with Crippen molar-refractivity contribution in [3.8, 4) is 11.1 Å². The molecule has 1 atom stereocenters. The molecule has 0 saturated carbocycles. The Hall–Kier alpha value is -2.90. The predicted molar refractivity (Wildman–Crippen MR) is 75.4 cm³/mol. The van der Waals surface area contributed by atoms with Gasteiger partial charge in [-0.05, 0) is 13.0 Å². The van der Waals surface area contributed by atoms with Crippen LogP contribution in [-0.2, 0) is 11.8 Å². The zero-order valence-electron chi connectivity index (χ0n) is 11.6. The van der Waals surface area contributed by atoms with Gasteiger partial charge in [0.25, 0.3) is 5.91 Å². The van der Waals surface area contributed by atoms with Crippen LogP contribution in [0.3, 0.4) is 0 Å². The molecule has 0 aromatic carbocycles. The second-order valence-corrected chi connectivity index (χ2v) is 4.59. The average molecular weight is 289 g/mol. The van der Waals surface area contributed by atoms with Crippen molar-refractivity contribution < 1.29 is 14.7 Å². The van der Waals surface area contributed by atoms with Gasteiger partial charge in [-0.3, -0.25) is 14.3 Å². The van der Waals surface area contributed by atoms with Gasteiger partial charge in [0.1, 0.15) is 11.9 Å². The lowest BCUT2D eigenvalue weighted by Crippen LogP contribution is -2.38. The summed E-state index contributed by atoms with van der Waals surface area (Å²) in [6, 6.07) is 0.544. The number of aromatic nitrogens is 3. The Morgan fingerprint density at radius 2 is 2.10 bits per heavy atom. The number of nitrogen functional groups attached to an aromatic ring is 1. The maximum Gasteiger partial charge on any atom is 0.325 e. The van der Waals surface area contributed by atoms with Crippen LogP contribution in [0.15, 0.2) is 24.7 Å². The fraction of sp³-hybridized carbons (Fsp3) is 0.231. The van der Waals surface area contributed by atoms with Gasteiger partial charge in [0.05, 0.1) is 11.8 Å². The largest absolute Gasteiger partial charge is 0.480 e. The minimum Gasteiger partial charge on any atom is -0.480 e. The molecule has 2 aromatic rings. The van der Waals surface area contributed by atoms with E-state index in [9.17, 15) is 9.59 Å². The van der Waals surface area contributed by atoms with E-state index in [0.717, 1.165) is 5.56 Å². The highest BCUT2D eigenvalue weighted by atomic mass is 16.4. The number of hydrogen-bond donors (Lipinski definition) is 3. The lowest BCUT2D eigenvalue weighted by Gasteiger charge is -2.11. The van der Waals surface area contributed by atoms with Crippen LogP contribution in [0.4, 0.5) is 5.82 Å². The first-order valence-corrected chi connectivity index (χ1v) is 6.16. The number of carbonyl (C=O) groups excluding carboxylic acids is 1. The van der Waals surface area contributed by atoms with Crippen LogP contribution < -0.4 is 11.1 Å². The molecule has 2 rings (SSSR count). The van der Waals surface area contributed by atoms with E-state index in [1.54, 1.807) is 30.2 Å². The molecule has 0 fully saturated rings. The number of carbonyl (C=O) groups is 2. The first kappa shape index (κ1) is 14.5. The van der Waals surface area contributed by atoms with Gasteiger partial charge < -0.3 is 16.2 Å². The second kappa shape index (κ2) is 5.61. The summed E-state index contributed by atoms with van der Waals surface area (Å²) >= 11 is 0. The summed E-state index contributed by atoms with van der Waals surface area (Å²) in [6.07, 6.45) is 4.94. The third kappa shape index (κ3) is 3.16. The van der Waals surface area contributed by atoms with Gasteiger partial charge in [-0.2, -0.15) is 5.10 Å². The van der Waals surface area contributed by atoms with Gasteiger partial charge >= 0.3 is 5.97 Å². The molecule has 110 valence electrons. The number of amides is 1. The molecule has 0 aliphatic rings. The highest BCUT2D eigenvalue weighted by Crippen LogP contribution is 2.21. The third-order valence-corrected chi connectivity index (χ3v) is 2.92. The fourth-order valence-electron chi connectivity index (χ4n) is 1.72. The van der Waals surface area contributed by atoms with Crippen LogP contribution in [0.25, 0.3) is 11.1 Å². The van der Waals surface area contributed by atoms with Gasteiger partial charge in [-0.25, -0.2) is 4.98 Å². The first-order valence-electron chi connectivity index (χ1n) is 6.16. The highest BCUT2D eigenvalue weighted by Gasteiger charge is 2.18. The van der Waals surface area contributed by atoms with Crippen molar-refractivity contribution in [3.63, 3.8) is 0 Å². The quantitative estimate of drug-likeness (QED) is 0.742. The van der Waals surface area contributed by atoms with Gasteiger partial charge in [0.2, 0.25) is 0 Å². The molecular weight excluding hydrogens is 274 g/mol. The number of hydrogen-bond acceptors (Lipinski definition) is 5. The van der Waals surface area contributed by atoms with E-state index in [1.165, 1.54) is 13.1 Å². The van der Waals surface area contributed by atoms with Crippen molar-refractivity contribution in [1.82, 2.24) is 20.1 Å². The molecule has 8 nitrogen and oxygen atoms in total. The molecular formula is C13H15N5O3. The molecule has 0 aliphatic carbocycles. The van der Waals surface area contributed by atoms with Gasteiger partial charge in [-0.15, -0.1) is 0 Å². The molecule has 0 unspecified atom stereocenters. The summed E-state index contributed by atoms with van der Waals surface area (Å²) in [5.74, 6) is -1.67. The molecule has 0 spiro atoms. The van der Waals surface area contributed by atoms with Crippen LogP contribution in [0.2, 0.25) is 0 Å². The number of aliphatic carboxylic acids is 1. The number of carboxylic acids is 1. The lowest BCUT2D eigenvalue weighted by atomic mass is 10.1. The number of nitrogens with two attached hydrogens (primary N) is 1. The van der Waals surface area contributed by atoms with Crippen molar-refractivity contribution in [2.45, 2.75) is 13.0 Å². The summed E-state index contributed by atoms with van der Waals surface area (Å²) in [7, 11) is 1.77. The fourth-order valence-corrected chi connectivity index (χ4v) is 1.72. The van der Waals surface area contributed by atoms with Crippen molar-refractivity contribution in [2.75, 3.05) is 5.73 Å². The zero-order valence-corrected chi connectivity index (χ0v) is 11.6. The SMILES string of the molecule is C[C@H](NC(=O)c1cc(-c2cnn(C)c2)cnc1N)C(=O)O. The van der Waals surface area contributed by atoms with E-state index in [4.69, 9.17) is 10.8 Å².